The van der Waals surface area contributed by atoms with E-state index in [1.165, 1.54) is 4.31 Å². The number of urea groups is 1. The van der Waals surface area contributed by atoms with E-state index in [9.17, 15) is 18.0 Å². The first-order valence-corrected chi connectivity index (χ1v) is 10.8. The topological polar surface area (TPSA) is 102 Å². The molecule has 0 spiro atoms. The molecule has 150 valence electrons. The van der Waals surface area contributed by atoms with Gasteiger partial charge in [-0.2, -0.15) is 17.0 Å². The Morgan fingerprint density at radius 3 is 2.00 bits per heavy atom. The lowest BCUT2D eigenvalue weighted by atomic mass is 10.2. The number of carbonyl (C=O) groups excluding carboxylic acids is 2. The zero-order valence-corrected chi connectivity index (χ0v) is 16.6. The van der Waals surface area contributed by atoms with Gasteiger partial charge in [-0.05, 0) is 26.7 Å². The first-order chi connectivity index (χ1) is 12.4. The summed E-state index contributed by atoms with van der Waals surface area (Å²) in [5, 5.41) is 4.83. The fourth-order valence-corrected chi connectivity index (χ4v) is 5.02. The minimum atomic E-state index is -3.43. The molecule has 0 radical (unpaired) electrons. The molecule has 26 heavy (non-hydrogen) atoms. The molecular formula is C16H31N5O4S. The number of imide groups is 1. The lowest BCUT2D eigenvalue weighted by molar-refractivity contribution is -0.125. The molecule has 0 unspecified atom stereocenters. The molecule has 2 saturated heterocycles. The lowest BCUT2D eigenvalue weighted by Crippen LogP contribution is -2.58. The first-order valence-electron chi connectivity index (χ1n) is 9.44. The molecule has 2 aliphatic heterocycles. The summed E-state index contributed by atoms with van der Waals surface area (Å²) in [4.78, 5) is 25.5. The molecule has 0 aliphatic carbocycles. The molecule has 0 bridgehead atoms. The SMILES string of the molecule is CCNC(=O)NC(=O)[C@H](C)N1CCN(S(=O)(=O)N2CCCCCC2)CC1. The summed E-state index contributed by atoms with van der Waals surface area (Å²) in [6.45, 7) is 6.79. The van der Waals surface area contributed by atoms with Crippen molar-refractivity contribution in [2.45, 2.75) is 45.6 Å². The van der Waals surface area contributed by atoms with Crippen molar-refractivity contribution in [1.82, 2.24) is 24.1 Å². The van der Waals surface area contributed by atoms with Crippen molar-refractivity contribution in [2.24, 2.45) is 0 Å². The summed E-state index contributed by atoms with van der Waals surface area (Å²) in [5.74, 6) is -0.375. The zero-order chi connectivity index (χ0) is 19.2. The first kappa shape index (κ1) is 21.1. The molecule has 2 heterocycles. The van der Waals surface area contributed by atoms with Crippen LogP contribution in [0.4, 0.5) is 4.79 Å². The third-order valence-corrected chi connectivity index (χ3v) is 7.03. The van der Waals surface area contributed by atoms with Crippen LogP contribution in [0.2, 0.25) is 0 Å². The standard InChI is InChI=1S/C16H31N5O4S/c1-3-17-16(23)18-15(22)14(2)19-10-12-21(13-11-19)26(24,25)20-8-6-4-5-7-9-20/h14H,3-13H2,1-2H3,(H2,17,18,22,23)/t14-/m0/s1. The van der Waals surface area contributed by atoms with Gasteiger partial charge >= 0.3 is 6.03 Å². The molecule has 2 aliphatic rings. The van der Waals surface area contributed by atoms with Gasteiger partial charge in [0.15, 0.2) is 0 Å². The Bertz CT molecular complexity index is 581. The Balaban J connectivity index is 1.87. The van der Waals surface area contributed by atoms with Crippen LogP contribution in [0.25, 0.3) is 0 Å². The van der Waals surface area contributed by atoms with Crippen molar-refractivity contribution in [2.75, 3.05) is 45.8 Å². The second-order valence-electron chi connectivity index (χ2n) is 6.78. The number of carbonyl (C=O) groups is 2. The number of amides is 3. The molecule has 1 atom stereocenters. The average molecular weight is 390 g/mol. The highest BCUT2D eigenvalue weighted by molar-refractivity contribution is 7.86. The summed E-state index contributed by atoms with van der Waals surface area (Å²) in [5.41, 5.74) is 0. The van der Waals surface area contributed by atoms with E-state index in [1.54, 1.807) is 18.2 Å². The third kappa shape index (κ3) is 5.38. The minimum absolute atomic E-state index is 0.359. The fraction of sp³-hybridized carbons (Fsp3) is 0.875. The molecule has 10 heteroatoms. The Morgan fingerprint density at radius 2 is 1.46 bits per heavy atom. The molecule has 3 amide bonds. The van der Waals surface area contributed by atoms with Crippen LogP contribution in [0.1, 0.15) is 39.5 Å². The van der Waals surface area contributed by atoms with Crippen molar-refractivity contribution in [1.29, 1.82) is 0 Å². The second-order valence-corrected chi connectivity index (χ2v) is 8.71. The maximum atomic E-state index is 12.8. The van der Waals surface area contributed by atoms with E-state index >= 15 is 0 Å². The van der Waals surface area contributed by atoms with E-state index in [-0.39, 0.29) is 5.91 Å². The van der Waals surface area contributed by atoms with Gasteiger partial charge in [-0.15, -0.1) is 0 Å². The van der Waals surface area contributed by atoms with Gasteiger partial charge in [-0.3, -0.25) is 15.0 Å². The van der Waals surface area contributed by atoms with E-state index in [0.717, 1.165) is 25.7 Å². The average Bonchev–Trinajstić information content (AvgIpc) is 2.91. The maximum Gasteiger partial charge on any atom is 0.321 e. The van der Waals surface area contributed by atoms with Gasteiger partial charge < -0.3 is 5.32 Å². The van der Waals surface area contributed by atoms with E-state index < -0.39 is 22.3 Å². The van der Waals surface area contributed by atoms with E-state index in [1.807, 2.05) is 4.90 Å². The van der Waals surface area contributed by atoms with Gasteiger partial charge in [-0.25, -0.2) is 4.79 Å². The molecule has 2 rings (SSSR count). The number of piperazine rings is 1. The highest BCUT2D eigenvalue weighted by Crippen LogP contribution is 2.18. The van der Waals surface area contributed by atoms with E-state index in [4.69, 9.17) is 0 Å². The number of hydrogen-bond acceptors (Lipinski definition) is 5. The van der Waals surface area contributed by atoms with Crippen molar-refractivity contribution in [3.8, 4) is 0 Å². The summed E-state index contributed by atoms with van der Waals surface area (Å²) >= 11 is 0. The largest absolute Gasteiger partial charge is 0.338 e. The highest BCUT2D eigenvalue weighted by atomic mass is 32.2. The second kappa shape index (κ2) is 9.63. The third-order valence-electron chi connectivity index (χ3n) is 4.99. The predicted molar refractivity (Wildman–Crippen MR) is 98.8 cm³/mol. The van der Waals surface area contributed by atoms with E-state index in [0.29, 0.717) is 45.8 Å². The predicted octanol–water partition coefficient (Wildman–Crippen LogP) is -0.0410. The van der Waals surface area contributed by atoms with Crippen molar-refractivity contribution >= 4 is 22.1 Å². The summed E-state index contributed by atoms with van der Waals surface area (Å²) in [7, 11) is -3.43. The van der Waals surface area contributed by atoms with Gasteiger partial charge in [0.25, 0.3) is 10.2 Å². The van der Waals surface area contributed by atoms with Gasteiger partial charge in [0.2, 0.25) is 5.91 Å². The Morgan fingerprint density at radius 1 is 0.923 bits per heavy atom. The molecule has 2 fully saturated rings. The quantitative estimate of drug-likeness (QED) is 0.687. The van der Waals surface area contributed by atoms with Crippen LogP contribution < -0.4 is 10.6 Å². The number of rotatable bonds is 5. The summed E-state index contributed by atoms with van der Waals surface area (Å²) in [6, 6.07) is -0.993. The van der Waals surface area contributed by atoms with Crippen LogP contribution in [0.15, 0.2) is 0 Å². The molecule has 0 saturated carbocycles. The van der Waals surface area contributed by atoms with Crippen molar-refractivity contribution in [3.63, 3.8) is 0 Å². The van der Waals surface area contributed by atoms with Crippen molar-refractivity contribution in [3.05, 3.63) is 0 Å². The van der Waals surface area contributed by atoms with Gasteiger partial charge in [0.1, 0.15) is 0 Å². The number of nitrogens with one attached hydrogen (secondary N) is 2. The molecule has 2 N–H and O–H groups in total. The molecular weight excluding hydrogens is 358 g/mol. The van der Waals surface area contributed by atoms with Crippen LogP contribution in [-0.2, 0) is 15.0 Å². The fourth-order valence-electron chi connectivity index (χ4n) is 3.34. The zero-order valence-electron chi connectivity index (χ0n) is 15.7. The normalized spacial score (nSPS) is 22.4. The molecule has 0 aromatic heterocycles. The van der Waals surface area contributed by atoms with Crippen LogP contribution in [0.3, 0.4) is 0 Å². The molecule has 9 nitrogen and oxygen atoms in total. The Hall–Kier alpha value is -1.23. The molecule has 0 aromatic carbocycles. The summed E-state index contributed by atoms with van der Waals surface area (Å²) in [6.07, 6.45) is 3.99. The lowest BCUT2D eigenvalue weighted by Gasteiger charge is -2.38. The Labute approximate surface area is 156 Å². The summed E-state index contributed by atoms with van der Waals surface area (Å²) < 4.78 is 28.8. The van der Waals surface area contributed by atoms with Crippen molar-refractivity contribution < 1.29 is 18.0 Å². The monoisotopic (exact) mass is 389 g/mol. The molecule has 0 aromatic rings. The van der Waals surface area contributed by atoms with Gasteiger partial charge in [-0.1, -0.05) is 12.8 Å². The highest BCUT2D eigenvalue weighted by Gasteiger charge is 2.34. The van der Waals surface area contributed by atoms with Crippen LogP contribution in [0.5, 0.6) is 0 Å². The van der Waals surface area contributed by atoms with Crippen LogP contribution >= 0.6 is 0 Å². The van der Waals surface area contributed by atoms with Crippen LogP contribution in [-0.4, -0.2) is 85.7 Å². The van der Waals surface area contributed by atoms with E-state index in [2.05, 4.69) is 10.6 Å². The maximum absolute atomic E-state index is 12.8. The van der Waals surface area contributed by atoms with Gasteiger partial charge in [0.05, 0.1) is 6.04 Å². The minimum Gasteiger partial charge on any atom is -0.338 e. The number of nitrogens with zero attached hydrogens (tertiary/aromatic N) is 3. The van der Waals surface area contributed by atoms with Crippen LogP contribution in [0, 0.1) is 0 Å². The van der Waals surface area contributed by atoms with Gasteiger partial charge in [0, 0.05) is 45.8 Å². The number of hydrogen-bond donors (Lipinski definition) is 2. The smallest absolute Gasteiger partial charge is 0.321 e. The Kier molecular flexibility index (Phi) is 7.81.